The maximum Gasteiger partial charge on any atom is 0.320 e. The largest absolute Gasteiger partial charge is 0.461 e. The molecule has 1 saturated carbocycles. The maximum absolute atomic E-state index is 13.7. The van der Waals surface area contributed by atoms with Crippen molar-refractivity contribution in [3.05, 3.63) is 54.1 Å². The number of carbonyl (C=O) groups excluding carboxylic acids is 4. The Morgan fingerprint density at radius 3 is 1.90 bits per heavy atom. The molecular formula is C46H63N9O7. The highest BCUT2D eigenvalue weighted by Gasteiger charge is 2.30. The summed E-state index contributed by atoms with van der Waals surface area (Å²) in [5.41, 5.74) is 6.27. The van der Waals surface area contributed by atoms with Crippen LogP contribution in [0.5, 0.6) is 0 Å². The van der Waals surface area contributed by atoms with Crippen molar-refractivity contribution in [2.75, 3.05) is 97.0 Å². The summed E-state index contributed by atoms with van der Waals surface area (Å²) in [6, 6.07) is 16.7. The first kappa shape index (κ1) is 43.7. The third-order valence-corrected chi connectivity index (χ3v) is 13.0. The molecule has 6 atom stereocenters. The number of para-hydroxylation sites is 1. The Morgan fingerprint density at radius 2 is 1.23 bits per heavy atom. The molecule has 4 fully saturated rings. The zero-order valence-corrected chi connectivity index (χ0v) is 36.3. The second kappa shape index (κ2) is 21.0. The van der Waals surface area contributed by atoms with Gasteiger partial charge in [-0.25, -0.2) is 4.68 Å². The molecule has 5 aliphatic rings. The normalized spacial score (nSPS) is 26.9. The van der Waals surface area contributed by atoms with Gasteiger partial charge in [0, 0.05) is 102 Å². The molecule has 1 amide bonds. The summed E-state index contributed by atoms with van der Waals surface area (Å²) in [5, 5.41) is 12.5. The zero-order valence-electron chi connectivity index (χ0n) is 36.3. The zero-order chi connectivity index (χ0) is 42.8. The Kier molecular flexibility index (Phi) is 14.8. The van der Waals surface area contributed by atoms with Crippen LogP contribution >= 0.6 is 0 Å². The fraction of sp³-hybridized carbons (Fsp3) is 0.609. The highest BCUT2D eigenvalue weighted by molar-refractivity contribution is 5.88. The number of ether oxygens (including phenoxy) is 3. The first-order valence-corrected chi connectivity index (χ1v) is 22.8. The molecule has 1 aromatic heterocycles. The molecular weight excluding hydrogens is 791 g/mol. The van der Waals surface area contributed by atoms with Crippen LogP contribution in [0.2, 0.25) is 0 Å². The quantitative estimate of drug-likeness (QED) is 0.219. The number of amides is 1. The van der Waals surface area contributed by atoms with Gasteiger partial charge >= 0.3 is 17.9 Å². The first-order valence-electron chi connectivity index (χ1n) is 22.8. The number of esters is 3. The van der Waals surface area contributed by atoms with Crippen molar-refractivity contribution >= 4 is 29.5 Å². The summed E-state index contributed by atoms with van der Waals surface area (Å²) in [5.74, 6) is -0.900. The maximum atomic E-state index is 13.7. The topological polar surface area (TPSA) is 155 Å². The van der Waals surface area contributed by atoms with Gasteiger partial charge in [0.25, 0.3) is 0 Å². The van der Waals surface area contributed by atoms with Gasteiger partial charge in [-0.15, -0.1) is 5.10 Å². The van der Waals surface area contributed by atoms with E-state index < -0.39 is 0 Å². The molecule has 6 bridgehead atoms. The first-order chi connectivity index (χ1) is 30.2. The van der Waals surface area contributed by atoms with Gasteiger partial charge in [0.1, 0.15) is 24.0 Å². The molecule has 8 rings (SSSR count). The number of fused-ring (bicyclic) bond motifs is 15. The Morgan fingerprint density at radius 1 is 0.677 bits per heavy atom. The van der Waals surface area contributed by atoms with Crippen molar-refractivity contribution in [3.8, 4) is 22.5 Å². The molecule has 5 heterocycles. The van der Waals surface area contributed by atoms with Gasteiger partial charge in [0.2, 0.25) is 5.91 Å². The molecule has 3 aromatic rings. The molecule has 2 aromatic carbocycles. The summed E-state index contributed by atoms with van der Waals surface area (Å²) < 4.78 is 20.4. The van der Waals surface area contributed by atoms with E-state index in [4.69, 9.17) is 19.3 Å². The number of aromatic nitrogens is 3. The Balaban J connectivity index is 0.958. The Labute approximate surface area is 364 Å². The SMILES string of the molecule is CN1Cc2ccccc2-c2c(nnn2CCCNC(=O)CN2CCN3CCN4CCN(CC2)CC(=O)O[C@H]2CCCCC(C[C@H](CCC2)OC(=O)C4)OC(=O)C3)-c2ccccc21. The lowest BCUT2D eigenvalue weighted by Crippen LogP contribution is -2.50. The lowest BCUT2D eigenvalue weighted by molar-refractivity contribution is -0.157. The second-order valence-corrected chi connectivity index (χ2v) is 17.6. The van der Waals surface area contributed by atoms with E-state index in [-0.39, 0.29) is 68.3 Å². The molecule has 62 heavy (non-hydrogen) atoms. The minimum atomic E-state index is -0.378. The van der Waals surface area contributed by atoms with E-state index in [2.05, 4.69) is 78.5 Å². The predicted octanol–water partition coefficient (Wildman–Crippen LogP) is 3.19. The third kappa shape index (κ3) is 11.6. The van der Waals surface area contributed by atoms with Crippen LogP contribution in [-0.2, 0) is 46.5 Å². The van der Waals surface area contributed by atoms with Crippen molar-refractivity contribution in [3.63, 3.8) is 0 Å². The smallest absolute Gasteiger partial charge is 0.320 e. The van der Waals surface area contributed by atoms with E-state index in [1.165, 1.54) is 5.56 Å². The number of hydrogen-bond donors (Lipinski definition) is 1. The van der Waals surface area contributed by atoms with E-state index in [1.807, 2.05) is 16.8 Å². The molecule has 3 saturated heterocycles. The number of aryl methyl sites for hydroxylation is 1. The highest BCUT2D eigenvalue weighted by Crippen LogP contribution is 2.40. The van der Waals surface area contributed by atoms with Crippen molar-refractivity contribution < 1.29 is 33.4 Å². The Hall–Kier alpha value is -4.90. The van der Waals surface area contributed by atoms with Crippen LogP contribution in [0.1, 0.15) is 63.4 Å². The molecule has 0 spiro atoms. The molecule has 16 nitrogen and oxygen atoms in total. The predicted molar refractivity (Wildman–Crippen MR) is 233 cm³/mol. The number of hydrogen-bond acceptors (Lipinski definition) is 14. The van der Waals surface area contributed by atoms with Gasteiger partial charge in [0.15, 0.2) is 0 Å². The molecule has 16 heteroatoms. The number of rotatable bonds is 6. The van der Waals surface area contributed by atoms with Crippen LogP contribution in [0.3, 0.4) is 0 Å². The summed E-state index contributed by atoms with van der Waals surface area (Å²) in [6.45, 7) is 6.55. The second-order valence-electron chi connectivity index (χ2n) is 17.6. The van der Waals surface area contributed by atoms with Gasteiger partial charge in [0.05, 0.1) is 31.9 Å². The van der Waals surface area contributed by atoms with Crippen LogP contribution in [0.4, 0.5) is 5.69 Å². The fourth-order valence-electron chi connectivity index (χ4n) is 9.62. The van der Waals surface area contributed by atoms with E-state index in [9.17, 15) is 19.2 Å². The minimum absolute atomic E-state index is 0.0959. The lowest BCUT2D eigenvalue weighted by Gasteiger charge is -2.33. The lowest BCUT2D eigenvalue weighted by atomic mass is 9.96. The highest BCUT2D eigenvalue weighted by atomic mass is 16.6. The van der Waals surface area contributed by atoms with E-state index >= 15 is 0 Å². The van der Waals surface area contributed by atoms with Crippen molar-refractivity contribution in [1.82, 2.24) is 39.9 Å². The van der Waals surface area contributed by atoms with Crippen molar-refractivity contribution in [1.29, 1.82) is 0 Å². The summed E-state index contributed by atoms with van der Waals surface area (Å²) in [4.78, 5) is 64.9. The molecule has 4 aliphatic heterocycles. The van der Waals surface area contributed by atoms with Crippen molar-refractivity contribution in [2.45, 2.75) is 89.2 Å². The number of anilines is 1. The summed E-state index contributed by atoms with van der Waals surface area (Å²) in [7, 11) is 2.10. The van der Waals surface area contributed by atoms with Crippen LogP contribution < -0.4 is 10.2 Å². The van der Waals surface area contributed by atoms with E-state index in [1.54, 1.807) is 0 Å². The monoisotopic (exact) mass is 853 g/mol. The molecule has 1 N–H and O–H groups in total. The number of benzene rings is 2. The molecule has 1 aliphatic carbocycles. The van der Waals surface area contributed by atoms with E-state index in [0.717, 1.165) is 60.4 Å². The van der Waals surface area contributed by atoms with Gasteiger partial charge in [-0.05, 0) is 63.0 Å². The number of nitrogens with zero attached hydrogens (tertiary/aromatic N) is 8. The van der Waals surface area contributed by atoms with Gasteiger partial charge in [-0.1, -0.05) is 47.7 Å². The van der Waals surface area contributed by atoms with Crippen LogP contribution in [0.25, 0.3) is 22.5 Å². The van der Waals surface area contributed by atoms with E-state index in [0.29, 0.717) is 97.6 Å². The Bertz CT molecular complexity index is 2030. The average molecular weight is 854 g/mol. The number of carbonyl (C=O) groups is 4. The van der Waals surface area contributed by atoms with Crippen LogP contribution in [0, 0.1) is 0 Å². The summed E-state index contributed by atoms with van der Waals surface area (Å²) >= 11 is 0. The van der Waals surface area contributed by atoms with Gasteiger partial charge in [-0.3, -0.25) is 38.8 Å². The molecule has 4 unspecified atom stereocenters. The fourth-order valence-corrected chi connectivity index (χ4v) is 9.62. The standard InChI is InChI=1S/C46H63N9O7/c1-50-29-34-10-2-5-15-38(34)46-45(39-16-6-7-17-40(39)50)48-49-55(46)19-9-18-47-41(56)30-51-20-22-52-24-26-54-27-25-53(23-21-51)32-43(58)61-36-12-4-3-11-35(60-42(57)31-52)13-8-14-37(28-36)62-44(59)33-54/h2,5-7,10,15-17,35-37H,3-4,8-9,11-14,18-33H2,1H3,(H,47,56)/t35-,36?,37-/m0/s1. The van der Waals surface area contributed by atoms with Crippen molar-refractivity contribution in [2.24, 2.45) is 0 Å². The minimum Gasteiger partial charge on any atom is -0.461 e. The third-order valence-electron chi connectivity index (χ3n) is 13.0. The molecule has 334 valence electrons. The number of nitrogens with one attached hydrogen (secondary N) is 1. The van der Waals surface area contributed by atoms with Crippen LogP contribution in [0.15, 0.2) is 48.5 Å². The molecule has 0 radical (unpaired) electrons. The average Bonchev–Trinajstić information content (AvgIpc) is 3.65. The van der Waals surface area contributed by atoms with Gasteiger partial charge in [-0.2, -0.15) is 0 Å². The van der Waals surface area contributed by atoms with Crippen LogP contribution in [-0.4, -0.2) is 169 Å². The van der Waals surface area contributed by atoms with Gasteiger partial charge < -0.3 is 24.4 Å². The summed E-state index contributed by atoms with van der Waals surface area (Å²) in [6.07, 6.45) is 5.26.